The summed E-state index contributed by atoms with van der Waals surface area (Å²) in [7, 11) is 3.53. The third-order valence-corrected chi connectivity index (χ3v) is 6.01. The molecular formula is C25H34IN7O. The molecule has 34 heavy (non-hydrogen) atoms. The highest BCUT2D eigenvalue weighted by Gasteiger charge is 2.24. The fourth-order valence-corrected chi connectivity index (χ4v) is 4.30. The van der Waals surface area contributed by atoms with E-state index >= 15 is 0 Å². The lowest BCUT2D eigenvalue weighted by atomic mass is 10.1. The largest absolute Gasteiger partial charge is 0.497 e. The van der Waals surface area contributed by atoms with Crippen molar-refractivity contribution in [2.75, 3.05) is 33.8 Å². The van der Waals surface area contributed by atoms with E-state index in [9.17, 15) is 0 Å². The highest BCUT2D eigenvalue weighted by molar-refractivity contribution is 14.0. The Kier molecular flexibility index (Phi) is 10.1. The molecule has 2 N–H and O–H groups in total. The van der Waals surface area contributed by atoms with E-state index in [1.165, 1.54) is 29.5 Å². The summed E-state index contributed by atoms with van der Waals surface area (Å²) >= 11 is 0. The summed E-state index contributed by atoms with van der Waals surface area (Å²) in [5.74, 6) is 1.69. The van der Waals surface area contributed by atoms with Crippen LogP contribution in [0, 0.1) is 0 Å². The van der Waals surface area contributed by atoms with Gasteiger partial charge in [0.15, 0.2) is 5.96 Å². The number of ether oxygens (including phenoxy) is 1. The molecule has 9 heteroatoms. The zero-order valence-corrected chi connectivity index (χ0v) is 22.2. The lowest BCUT2D eigenvalue weighted by Crippen LogP contribution is -2.42. The van der Waals surface area contributed by atoms with Gasteiger partial charge in [-0.3, -0.25) is 9.89 Å². The summed E-state index contributed by atoms with van der Waals surface area (Å²) in [5.41, 5.74) is 3.65. The Bertz CT molecular complexity index is 1040. The van der Waals surface area contributed by atoms with Gasteiger partial charge < -0.3 is 15.4 Å². The molecule has 1 unspecified atom stereocenters. The van der Waals surface area contributed by atoms with Crippen LogP contribution >= 0.6 is 24.0 Å². The van der Waals surface area contributed by atoms with Crippen molar-refractivity contribution in [1.82, 2.24) is 30.3 Å². The summed E-state index contributed by atoms with van der Waals surface area (Å²) in [6, 6.07) is 17.1. The Balaban J connectivity index is 0.00000324. The van der Waals surface area contributed by atoms with Crippen LogP contribution in [-0.4, -0.2) is 59.4 Å². The predicted octanol–water partition coefficient (Wildman–Crippen LogP) is 3.46. The third kappa shape index (κ3) is 7.17. The van der Waals surface area contributed by atoms with Gasteiger partial charge in [0.2, 0.25) is 0 Å². The fraction of sp³-hybridized carbons (Fsp3) is 0.400. The van der Waals surface area contributed by atoms with Gasteiger partial charge in [-0.05, 0) is 54.8 Å². The first kappa shape index (κ1) is 26.0. The number of rotatable bonds is 9. The summed E-state index contributed by atoms with van der Waals surface area (Å²) in [6.45, 7) is 4.42. The average Bonchev–Trinajstić information content (AvgIpc) is 3.56. The number of nitrogens with one attached hydrogen (secondary N) is 2. The SMILES string of the molecule is CN=C(NCc1cccc(Cn2cncn2)c1)NCC(c1cccc(OC)c1)N1CCCC1.I. The summed E-state index contributed by atoms with van der Waals surface area (Å²) in [6.07, 6.45) is 5.79. The first-order valence-electron chi connectivity index (χ1n) is 11.5. The van der Waals surface area contributed by atoms with Crippen molar-refractivity contribution in [2.24, 2.45) is 4.99 Å². The van der Waals surface area contributed by atoms with Gasteiger partial charge in [0.25, 0.3) is 0 Å². The van der Waals surface area contributed by atoms with E-state index < -0.39 is 0 Å². The van der Waals surface area contributed by atoms with Gasteiger partial charge in [-0.1, -0.05) is 36.4 Å². The minimum absolute atomic E-state index is 0. The molecule has 0 aliphatic carbocycles. The molecule has 182 valence electrons. The number of hydrogen-bond donors (Lipinski definition) is 2. The van der Waals surface area contributed by atoms with E-state index in [1.54, 1.807) is 19.8 Å². The van der Waals surface area contributed by atoms with Gasteiger partial charge >= 0.3 is 0 Å². The van der Waals surface area contributed by atoms with E-state index in [0.717, 1.165) is 31.3 Å². The average molecular weight is 575 g/mol. The van der Waals surface area contributed by atoms with Crippen LogP contribution in [0.1, 0.15) is 35.6 Å². The van der Waals surface area contributed by atoms with Crippen LogP contribution in [0.3, 0.4) is 0 Å². The Morgan fingerprint density at radius 3 is 2.62 bits per heavy atom. The lowest BCUT2D eigenvalue weighted by molar-refractivity contribution is 0.245. The summed E-state index contributed by atoms with van der Waals surface area (Å²) < 4.78 is 7.28. The number of nitrogens with zero attached hydrogens (tertiary/aromatic N) is 5. The van der Waals surface area contributed by atoms with Crippen LogP contribution in [0.4, 0.5) is 0 Å². The van der Waals surface area contributed by atoms with Crippen LogP contribution in [0.5, 0.6) is 5.75 Å². The molecule has 1 saturated heterocycles. The number of guanidine groups is 1. The first-order chi connectivity index (χ1) is 16.2. The maximum Gasteiger partial charge on any atom is 0.191 e. The van der Waals surface area contributed by atoms with Gasteiger partial charge in [-0.15, -0.1) is 24.0 Å². The maximum atomic E-state index is 5.46. The summed E-state index contributed by atoms with van der Waals surface area (Å²) in [5, 5.41) is 11.2. The van der Waals surface area contributed by atoms with Crippen LogP contribution in [0.25, 0.3) is 0 Å². The molecule has 0 spiro atoms. The minimum atomic E-state index is 0. The molecule has 1 aromatic heterocycles. The highest BCUT2D eigenvalue weighted by atomic mass is 127. The normalized spacial score (nSPS) is 14.9. The Hall–Kier alpha value is -2.66. The molecule has 8 nitrogen and oxygen atoms in total. The molecule has 0 bridgehead atoms. The monoisotopic (exact) mass is 575 g/mol. The van der Waals surface area contributed by atoms with Gasteiger partial charge in [-0.25, -0.2) is 9.67 Å². The third-order valence-electron chi connectivity index (χ3n) is 6.01. The molecule has 4 rings (SSSR count). The second-order valence-corrected chi connectivity index (χ2v) is 8.26. The number of methoxy groups -OCH3 is 1. The molecule has 1 atom stereocenters. The summed E-state index contributed by atoms with van der Waals surface area (Å²) in [4.78, 5) is 11.0. The second-order valence-electron chi connectivity index (χ2n) is 8.26. The Morgan fingerprint density at radius 2 is 1.88 bits per heavy atom. The molecule has 3 aromatic rings. The molecule has 0 saturated carbocycles. The molecule has 1 aliphatic rings. The smallest absolute Gasteiger partial charge is 0.191 e. The fourth-order valence-electron chi connectivity index (χ4n) is 4.30. The number of hydrogen-bond acceptors (Lipinski definition) is 5. The topological polar surface area (TPSA) is 79.6 Å². The molecule has 1 aliphatic heterocycles. The van der Waals surface area contributed by atoms with Crippen molar-refractivity contribution >= 4 is 29.9 Å². The molecule has 2 aromatic carbocycles. The van der Waals surface area contributed by atoms with Crippen molar-refractivity contribution in [2.45, 2.75) is 32.0 Å². The molecule has 1 fully saturated rings. The Labute approximate surface area is 218 Å². The van der Waals surface area contributed by atoms with Gasteiger partial charge in [-0.2, -0.15) is 5.10 Å². The zero-order valence-electron chi connectivity index (χ0n) is 19.9. The number of halogens is 1. The molecule has 0 radical (unpaired) electrons. The highest BCUT2D eigenvalue weighted by Crippen LogP contribution is 2.27. The minimum Gasteiger partial charge on any atom is -0.497 e. The molecule has 0 amide bonds. The van der Waals surface area contributed by atoms with Crippen molar-refractivity contribution in [3.63, 3.8) is 0 Å². The van der Waals surface area contributed by atoms with Gasteiger partial charge in [0.1, 0.15) is 18.4 Å². The van der Waals surface area contributed by atoms with E-state index in [2.05, 4.69) is 73.1 Å². The number of likely N-dealkylation sites (tertiary alicyclic amines) is 1. The van der Waals surface area contributed by atoms with Crippen molar-refractivity contribution in [3.05, 3.63) is 77.9 Å². The predicted molar refractivity (Wildman–Crippen MR) is 146 cm³/mol. The van der Waals surface area contributed by atoms with E-state index in [1.807, 2.05) is 17.8 Å². The maximum absolute atomic E-state index is 5.46. The van der Waals surface area contributed by atoms with Crippen LogP contribution in [0.15, 0.2) is 66.2 Å². The van der Waals surface area contributed by atoms with Crippen LogP contribution < -0.4 is 15.4 Å². The quantitative estimate of drug-likeness (QED) is 0.231. The van der Waals surface area contributed by atoms with Gasteiger partial charge in [0.05, 0.1) is 19.7 Å². The number of benzene rings is 2. The Morgan fingerprint density at radius 1 is 1.09 bits per heavy atom. The zero-order chi connectivity index (χ0) is 22.9. The first-order valence-corrected chi connectivity index (χ1v) is 11.5. The van der Waals surface area contributed by atoms with Crippen molar-refractivity contribution in [3.8, 4) is 5.75 Å². The van der Waals surface area contributed by atoms with Crippen LogP contribution in [0.2, 0.25) is 0 Å². The standard InChI is InChI=1S/C25H33N7O.HI/c1-26-25(28-15-20-7-5-8-21(13-20)17-32-19-27-18-30-32)29-16-24(31-11-3-4-12-31)22-9-6-10-23(14-22)33-2;/h5-10,13-14,18-19,24H,3-4,11-12,15-17H2,1-2H3,(H2,26,28,29);1H. The number of aliphatic imine (C=N–C) groups is 1. The molecule has 2 heterocycles. The van der Waals surface area contributed by atoms with Crippen LogP contribution in [-0.2, 0) is 13.1 Å². The van der Waals surface area contributed by atoms with Gasteiger partial charge in [0, 0.05) is 20.1 Å². The van der Waals surface area contributed by atoms with E-state index in [0.29, 0.717) is 13.1 Å². The van der Waals surface area contributed by atoms with E-state index in [4.69, 9.17) is 4.74 Å². The lowest BCUT2D eigenvalue weighted by Gasteiger charge is -2.29. The van der Waals surface area contributed by atoms with Crippen molar-refractivity contribution in [1.29, 1.82) is 0 Å². The molecular weight excluding hydrogens is 541 g/mol. The number of aromatic nitrogens is 3. The van der Waals surface area contributed by atoms with Crippen molar-refractivity contribution < 1.29 is 4.74 Å². The van der Waals surface area contributed by atoms with E-state index in [-0.39, 0.29) is 30.0 Å². The second kappa shape index (κ2) is 13.3.